The van der Waals surface area contributed by atoms with E-state index in [0.717, 1.165) is 12.1 Å². The first-order chi connectivity index (χ1) is 8.27. The van der Waals surface area contributed by atoms with Crippen molar-refractivity contribution in [2.24, 2.45) is 5.73 Å². The Bertz CT molecular complexity index is 338. The zero-order valence-corrected chi connectivity index (χ0v) is 10.2. The molecule has 6 heteroatoms. The molecule has 3 N–H and O–H groups in total. The molecule has 0 aliphatic rings. The lowest BCUT2D eigenvalue weighted by molar-refractivity contribution is -0.121. The molecule has 1 aromatic rings. The monoisotopic (exact) mass is 240 g/mol. The second kappa shape index (κ2) is 7.81. The molecule has 0 aromatic carbocycles. The summed E-state index contributed by atoms with van der Waals surface area (Å²) in [5.41, 5.74) is 6.56. The molecule has 1 aromatic heterocycles. The number of nitrogens with two attached hydrogens (primary N) is 1. The summed E-state index contributed by atoms with van der Waals surface area (Å²) in [4.78, 5) is 15.5. The highest BCUT2D eigenvalue weighted by atomic mass is 16.5. The van der Waals surface area contributed by atoms with Gasteiger partial charge in [0.15, 0.2) is 0 Å². The summed E-state index contributed by atoms with van der Waals surface area (Å²) in [6.07, 6.45) is 4.74. The Morgan fingerprint density at radius 2 is 2.47 bits per heavy atom. The molecule has 0 atom stereocenters. The third-order valence-electron chi connectivity index (χ3n) is 2.41. The second-order valence-electron chi connectivity index (χ2n) is 3.71. The summed E-state index contributed by atoms with van der Waals surface area (Å²) in [5, 5.41) is 2.78. The molecular formula is C11H20N4O2. The molecule has 0 spiro atoms. The lowest BCUT2D eigenvalue weighted by atomic mass is 10.3. The molecule has 17 heavy (non-hydrogen) atoms. The minimum Gasteiger partial charge on any atom is -0.383 e. The molecule has 0 saturated heterocycles. The maximum atomic E-state index is 11.5. The van der Waals surface area contributed by atoms with E-state index < -0.39 is 0 Å². The van der Waals surface area contributed by atoms with Crippen molar-refractivity contribution in [3.63, 3.8) is 0 Å². The molecule has 1 amide bonds. The van der Waals surface area contributed by atoms with Gasteiger partial charge < -0.3 is 20.4 Å². The molecule has 0 bridgehead atoms. The van der Waals surface area contributed by atoms with Gasteiger partial charge in [0.05, 0.1) is 12.9 Å². The number of carbonyl (C=O) groups is 1. The molecule has 1 heterocycles. The number of amides is 1. The van der Waals surface area contributed by atoms with Crippen LogP contribution in [0.2, 0.25) is 0 Å². The zero-order chi connectivity index (χ0) is 12.5. The number of carbonyl (C=O) groups excluding carboxylic acids is 1. The van der Waals surface area contributed by atoms with Crippen LogP contribution in [0.5, 0.6) is 0 Å². The predicted octanol–water partition coefficient (Wildman–Crippen LogP) is -0.463. The van der Waals surface area contributed by atoms with Crippen LogP contribution in [0.15, 0.2) is 12.5 Å². The van der Waals surface area contributed by atoms with Crippen molar-refractivity contribution in [2.75, 3.05) is 26.8 Å². The van der Waals surface area contributed by atoms with E-state index in [9.17, 15) is 4.79 Å². The van der Waals surface area contributed by atoms with Gasteiger partial charge in [-0.2, -0.15) is 0 Å². The number of nitrogens with zero attached hydrogens (tertiary/aromatic N) is 2. The predicted molar refractivity (Wildman–Crippen MR) is 64.5 cm³/mol. The number of methoxy groups -OCH3 is 1. The van der Waals surface area contributed by atoms with Crippen molar-refractivity contribution >= 4 is 5.91 Å². The van der Waals surface area contributed by atoms with E-state index in [4.69, 9.17) is 10.5 Å². The van der Waals surface area contributed by atoms with E-state index in [2.05, 4.69) is 10.3 Å². The summed E-state index contributed by atoms with van der Waals surface area (Å²) < 4.78 is 6.81. The smallest absolute Gasteiger partial charge is 0.221 e. The van der Waals surface area contributed by atoms with Gasteiger partial charge in [-0.15, -0.1) is 0 Å². The number of aryl methyl sites for hydroxylation is 1. The average molecular weight is 240 g/mol. The van der Waals surface area contributed by atoms with Gasteiger partial charge in [-0.3, -0.25) is 4.79 Å². The first-order valence-corrected chi connectivity index (χ1v) is 5.72. The van der Waals surface area contributed by atoms with Crippen molar-refractivity contribution in [3.8, 4) is 0 Å². The minimum atomic E-state index is 0.0226. The number of rotatable bonds is 8. The van der Waals surface area contributed by atoms with Gasteiger partial charge >= 0.3 is 0 Å². The summed E-state index contributed by atoms with van der Waals surface area (Å²) >= 11 is 0. The van der Waals surface area contributed by atoms with Crippen LogP contribution in [-0.2, 0) is 22.5 Å². The Balaban J connectivity index is 2.29. The highest BCUT2D eigenvalue weighted by Crippen LogP contribution is 2.01. The average Bonchev–Trinajstić information content (AvgIpc) is 2.75. The van der Waals surface area contributed by atoms with Gasteiger partial charge in [0.1, 0.15) is 0 Å². The molecule has 0 saturated carbocycles. The zero-order valence-electron chi connectivity index (χ0n) is 10.2. The second-order valence-corrected chi connectivity index (χ2v) is 3.71. The highest BCUT2D eigenvalue weighted by Gasteiger charge is 2.04. The fourth-order valence-corrected chi connectivity index (χ4v) is 1.51. The van der Waals surface area contributed by atoms with Crippen LogP contribution in [0.1, 0.15) is 12.1 Å². The maximum Gasteiger partial charge on any atom is 0.221 e. The van der Waals surface area contributed by atoms with Crippen LogP contribution in [-0.4, -0.2) is 42.3 Å². The number of hydrogen-bond donors (Lipinski definition) is 2. The summed E-state index contributed by atoms with van der Waals surface area (Å²) in [5.74, 6) is 0.0226. The molecule has 0 fully saturated rings. The molecule has 0 unspecified atom stereocenters. The quantitative estimate of drug-likeness (QED) is 0.602. The lowest BCUT2D eigenvalue weighted by Gasteiger charge is -2.07. The molecule has 0 aliphatic heterocycles. The van der Waals surface area contributed by atoms with Crippen molar-refractivity contribution in [1.82, 2.24) is 14.9 Å². The summed E-state index contributed by atoms with van der Waals surface area (Å²) in [6.45, 7) is 2.31. The lowest BCUT2D eigenvalue weighted by Crippen LogP contribution is -2.27. The van der Waals surface area contributed by atoms with Crippen molar-refractivity contribution < 1.29 is 9.53 Å². The largest absolute Gasteiger partial charge is 0.383 e. The standard InChI is InChI=1S/C11H20N4O2/c1-17-7-5-14-11(16)3-6-15-9-13-8-10(15)2-4-12/h8-9H,2-7,12H2,1H3,(H,14,16). The Hall–Kier alpha value is -1.40. The number of nitrogens with one attached hydrogen (secondary N) is 1. The number of aromatic nitrogens is 2. The fraction of sp³-hybridized carbons (Fsp3) is 0.636. The van der Waals surface area contributed by atoms with Gasteiger partial charge in [0.25, 0.3) is 0 Å². The van der Waals surface area contributed by atoms with Gasteiger partial charge in [-0.25, -0.2) is 4.98 Å². The molecule has 0 aliphatic carbocycles. The van der Waals surface area contributed by atoms with Crippen LogP contribution in [0.3, 0.4) is 0 Å². The van der Waals surface area contributed by atoms with E-state index in [0.29, 0.717) is 32.7 Å². The Morgan fingerprint density at radius 1 is 1.65 bits per heavy atom. The van der Waals surface area contributed by atoms with Gasteiger partial charge in [0.2, 0.25) is 5.91 Å². The maximum absolute atomic E-state index is 11.5. The molecule has 1 rings (SSSR count). The van der Waals surface area contributed by atoms with Crippen molar-refractivity contribution in [2.45, 2.75) is 19.4 Å². The number of imidazole rings is 1. The first kappa shape index (κ1) is 13.7. The van der Waals surface area contributed by atoms with Crippen LogP contribution < -0.4 is 11.1 Å². The third-order valence-corrected chi connectivity index (χ3v) is 2.41. The topological polar surface area (TPSA) is 82.2 Å². The molecule has 0 radical (unpaired) electrons. The van der Waals surface area contributed by atoms with E-state index in [-0.39, 0.29) is 5.91 Å². The van der Waals surface area contributed by atoms with Crippen LogP contribution in [0.25, 0.3) is 0 Å². The van der Waals surface area contributed by atoms with Gasteiger partial charge in [-0.1, -0.05) is 0 Å². The van der Waals surface area contributed by atoms with Crippen LogP contribution in [0, 0.1) is 0 Å². The highest BCUT2D eigenvalue weighted by molar-refractivity contribution is 5.75. The van der Waals surface area contributed by atoms with E-state index >= 15 is 0 Å². The van der Waals surface area contributed by atoms with Crippen molar-refractivity contribution in [3.05, 3.63) is 18.2 Å². The normalized spacial score (nSPS) is 10.5. The third kappa shape index (κ3) is 4.97. The summed E-state index contributed by atoms with van der Waals surface area (Å²) in [7, 11) is 1.61. The number of hydrogen-bond acceptors (Lipinski definition) is 4. The van der Waals surface area contributed by atoms with E-state index in [1.54, 1.807) is 19.6 Å². The van der Waals surface area contributed by atoms with Crippen LogP contribution in [0.4, 0.5) is 0 Å². The Kier molecular flexibility index (Phi) is 6.27. The fourth-order valence-electron chi connectivity index (χ4n) is 1.51. The molecule has 6 nitrogen and oxygen atoms in total. The number of ether oxygens (including phenoxy) is 1. The minimum absolute atomic E-state index is 0.0226. The van der Waals surface area contributed by atoms with Gasteiger partial charge in [0, 0.05) is 44.9 Å². The van der Waals surface area contributed by atoms with Gasteiger partial charge in [-0.05, 0) is 6.54 Å². The molecule has 96 valence electrons. The Morgan fingerprint density at radius 3 is 3.18 bits per heavy atom. The Labute approximate surface area is 101 Å². The van der Waals surface area contributed by atoms with Crippen molar-refractivity contribution in [1.29, 1.82) is 0 Å². The summed E-state index contributed by atoms with van der Waals surface area (Å²) in [6, 6.07) is 0. The molecular weight excluding hydrogens is 220 g/mol. The SMILES string of the molecule is COCCNC(=O)CCn1cncc1CCN. The first-order valence-electron chi connectivity index (χ1n) is 5.72. The van der Waals surface area contributed by atoms with Crippen LogP contribution >= 0.6 is 0 Å². The van der Waals surface area contributed by atoms with E-state index in [1.165, 1.54) is 0 Å². The van der Waals surface area contributed by atoms with E-state index in [1.807, 2.05) is 4.57 Å².